The summed E-state index contributed by atoms with van der Waals surface area (Å²) in [6.07, 6.45) is 0.861. The van der Waals surface area contributed by atoms with Gasteiger partial charge in [0, 0.05) is 0 Å². The first-order valence-electron chi connectivity index (χ1n) is 4.26. The van der Waals surface area contributed by atoms with Crippen LogP contribution in [0, 0.1) is 5.82 Å². The number of aromatic nitrogens is 1. The third kappa shape index (κ3) is 2.90. The Bertz CT molecular complexity index is 439. The molecule has 0 saturated carbocycles. The molecule has 1 amide bonds. The summed E-state index contributed by atoms with van der Waals surface area (Å²) >= 11 is 5.57. The van der Waals surface area contributed by atoms with Gasteiger partial charge in [-0.2, -0.15) is 0 Å². The first-order chi connectivity index (χ1) is 7.41. The lowest BCUT2D eigenvalue weighted by atomic mass is 10.2. The smallest absolute Gasteiger partial charge is 0.325 e. The van der Waals surface area contributed by atoms with E-state index in [-0.39, 0.29) is 10.7 Å². The monoisotopic (exact) mass is 246 g/mol. The Labute approximate surface area is 95.2 Å². The van der Waals surface area contributed by atoms with Gasteiger partial charge in [0.25, 0.3) is 5.91 Å². The van der Waals surface area contributed by atoms with Crippen molar-refractivity contribution in [2.24, 2.45) is 0 Å². The second-order valence-electron chi connectivity index (χ2n) is 3.03. The molecule has 0 aliphatic rings. The van der Waals surface area contributed by atoms with Crippen LogP contribution in [0.25, 0.3) is 0 Å². The summed E-state index contributed by atoms with van der Waals surface area (Å²) in [6.45, 7) is 1.28. The zero-order valence-corrected chi connectivity index (χ0v) is 8.95. The van der Waals surface area contributed by atoms with Crippen molar-refractivity contribution in [1.82, 2.24) is 10.3 Å². The van der Waals surface area contributed by atoms with Gasteiger partial charge in [-0.25, -0.2) is 9.37 Å². The Morgan fingerprint density at radius 3 is 2.81 bits per heavy atom. The van der Waals surface area contributed by atoms with Crippen LogP contribution in [0.2, 0.25) is 5.15 Å². The molecule has 7 heteroatoms. The Hall–Kier alpha value is -1.69. The molecule has 0 spiro atoms. The fourth-order valence-electron chi connectivity index (χ4n) is 0.918. The summed E-state index contributed by atoms with van der Waals surface area (Å²) in [5.74, 6) is -2.71. The van der Waals surface area contributed by atoms with Crippen molar-refractivity contribution >= 4 is 23.5 Å². The zero-order chi connectivity index (χ0) is 12.3. The first kappa shape index (κ1) is 12.4. The van der Waals surface area contributed by atoms with Crippen molar-refractivity contribution in [3.05, 3.63) is 28.8 Å². The molecule has 2 N–H and O–H groups in total. The van der Waals surface area contributed by atoms with Gasteiger partial charge in [-0.15, -0.1) is 0 Å². The third-order valence-electron chi connectivity index (χ3n) is 1.77. The predicted molar refractivity (Wildman–Crippen MR) is 53.8 cm³/mol. The van der Waals surface area contributed by atoms with Crippen LogP contribution in [-0.4, -0.2) is 28.0 Å². The summed E-state index contributed by atoms with van der Waals surface area (Å²) in [5, 5.41) is 10.5. The van der Waals surface area contributed by atoms with Gasteiger partial charge >= 0.3 is 5.97 Å². The average Bonchev–Trinajstić information content (AvgIpc) is 2.21. The molecule has 0 aliphatic heterocycles. The third-order valence-corrected chi connectivity index (χ3v) is 2.07. The lowest BCUT2D eigenvalue weighted by Gasteiger charge is -2.09. The molecule has 0 aromatic carbocycles. The Morgan fingerprint density at radius 1 is 1.62 bits per heavy atom. The van der Waals surface area contributed by atoms with Gasteiger partial charge in [-0.05, 0) is 13.0 Å². The number of carboxylic acids is 1. The molecule has 1 aromatic rings. The number of aliphatic carboxylic acids is 1. The van der Waals surface area contributed by atoms with E-state index in [1.807, 2.05) is 0 Å². The molecule has 0 fully saturated rings. The molecule has 1 heterocycles. The number of amides is 1. The number of carbonyl (C=O) groups excluding carboxylic acids is 1. The molecule has 0 bridgehead atoms. The van der Waals surface area contributed by atoms with E-state index >= 15 is 0 Å². The van der Waals surface area contributed by atoms with E-state index in [2.05, 4.69) is 10.3 Å². The van der Waals surface area contributed by atoms with Crippen LogP contribution in [0.3, 0.4) is 0 Å². The second kappa shape index (κ2) is 4.89. The quantitative estimate of drug-likeness (QED) is 0.782. The highest BCUT2D eigenvalue weighted by molar-refractivity contribution is 6.32. The maximum absolute atomic E-state index is 12.8. The molecule has 0 aliphatic carbocycles. The highest BCUT2D eigenvalue weighted by Gasteiger charge is 2.18. The number of rotatable bonds is 3. The van der Waals surface area contributed by atoms with Gasteiger partial charge in [0.05, 0.1) is 11.8 Å². The molecule has 1 unspecified atom stereocenters. The molecule has 0 saturated heterocycles. The van der Waals surface area contributed by atoms with Gasteiger partial charge in [-0.3, -0.25) is 9.59 Å². The molecule has 0 radical (unpaired) electrons. The minimum Gasteiger partial charge on any atom is -0.480 e. The van der Waals surface area contributed by atoms with Crippen molar-refractivity contribution in [2.45, 2.75) is 13.0 Å². The summed E-state index contributed by atoms with van der Waals surface area (Å²) in [7, 11) is 0. The van der Waals surface area contributed by atoms with E-state index < -0.39 is 23.7 Å². The average molecular weight is 247 g/mol. The van der Waals surface area contributed by atoms with Crippen LogP contribution in [0.15, 0.2) is 12.3 Å². The van der Waals surface area contributed by atoms with Gasteiger partial charge < -0.3 is 10.4 Å². The van der Waals surface area contributed by atoms with E-state index in [1.165, 1.54) is 6.92 Å². The van der Waals surface area contributed by atoms with Crippen LogP contribution < -0.4 is 5.32 Å². The number of pyridine rings is 1. The van der Waals surface area contributed by atoms with E-state index in [9.17, 15) is 14.0 Å². The lowest BCUT2D eigenvalue weighted by Crippen LogP contribution is -2.38. The number of carboxylic acid groups (broad SMARTS) is 1. The number of carbonyl (C=O) groups is 2. The van der Waals surface area contributed by atoms with Gasteiger partial charge in [-0.1, -0.05) is 11.6 Å². The summed E-state index contributed by atoms with van der Waals surface area (Å²) in [5.41, 5.74) is -0.199. The topological polar surface area (TPSA) is 79.3 Å². The van der Waals surface area contributed by atoms with Crippen LogP contribution in [-0.2, 0) is 4.79 Å². The standard InChI is InChI=1S/C9H8ClFN2O3/c1-4(9(15)16)13-8(14)6-2-5(11)3-12-7(6)10/h2-4H,1H3,(H,13,14)(H,15,16). The van der Waals surface area contributed by atoms with Crippen LogP contribution in [0.5, 0.6) is 0 Å². The zero-order valence-electron chi connectivity index (χ0n) is 8.20. The molecule has 86 valence electrons. The van der Waals surface area contributed by atoms with Crippen molar-refractivity contribution in [1.29, 1.82) is 0 Å². The molecule has 1 aromatic heterocycles. The van der Waals surface area contributed by atoms with E-state index in [1.54, 1.807) is 0 Å². The summed E-state index contributed by atoms with van der Waals surface area (Å²) in [4.78, 5) is 25.4. The Morgan fingerprint density at radius 2 is 2.25 bits per heavy atom. The predicted octanol–water partition coefficient (Wildman–Crippen LogP) is 1.08. The number of hydrogen-bond acceptors (Lipinski definition) is 3. The van der Waals surface area contributed by atoms with Crippen LogP contribution in [0.1, 0.15) is 17.3 Å². The minimum absolute atomic E-state index is 0.184. The maximum atomic E-state index is 12.8. The number of nitrogens with one attached hydrogen (secondary N) is 1. The molecule has 1 rings (SSSR count). The van der Waals surface area contributed by atoms with E-state index in [0.29, 0.717) is 0 Å². The minimum atomic E-state index is -1.20. The van der Waals surface area contributed by atoms with Crippen molar-refractivity contribution in [2.75, 3.05) is 0 Å². The highest BCUT2D eigenvalue weighted by Crippen LogP contribution is 2.13. The van der Waals surface area contributed by atoms with Crippen molar-refractivity contribution in [3.8, 4) is 0 Å². The summed E-state index contributed by atoms with van der Waals surface area (Å²) < 4.78 is 12.8. The number of hydrogen-bond donors (Lipinski definition) is 2. The Kier molecular flexibility index (Phi) is 3.78. The normalized spacial score (nSPS) is 11.9. The Balaban J connectivity index is 2.88. The molecular formula is C9H8ClFN2O3. The van der Waals surface area contributed by atoms with Gasteiger partial charge in [0.15, 0.2) is 0 Å². The second-order valence-corrected chi connectivity index (χ2v) is 3.38. The fraction of sp³-hybridized carbons (Fsp3) is 0.222. The van der Waals surface area contributed by atoms with Gasteiger partial charge in [0.2, 0.25) is 0 Å². The van der Waals surface area contributed by atoms with Crippen molar-refractivity contribution in [3.63, 3.8) is 0 Å². The van der Waals surface area contributed by atoms with Crippen LogP contribution in [0.4, 0.5) is 4.39 Å². The number of nitrogens with zero attached hydrogens (tertiary/aromatic N) is 1. The SMILES string of the molecule is CC(NC(=O)c1cc(F)cnc1Cl)C(=O)O. The molecule has 1 atom stereocenters. The molecule has 16 heavy (non-hydrogen) atoms. The summed E-state index contributed by atoms with van der Waals surface area (Å²) in [6, 6.07) is -0.203. The van der Waals surface area contributed by atoms with Crippen molar-refractivity contribution < 1.29 is 19.1 Å². The highest BCUT2D eigenvalue weighted by atomic mass is 35.5. The molecular weight excluding hydrogens is 239 g/mol. The largest absolute Gasteiger partial charge is 0.480 e. The molecule has 5 nitrogen and oxygen atoms in total. The lowest BCUT2D eigenvalue weighted by molar-refractivity contribution is -0.138. The van der Waals surface area contributed by atoms with E-state index in [0.717, 1.165) is 12.3 Å². The van der Waals surface area contributed by atoms with Crippen LogP contribution >= 0.6 is 11.6 Å². The maximum Gasteiger partial charge on any atom is 0.325 e. The fourth-order valence-corrected chi connectivity index (χ4v) is 1.11. The first-order valence-corrected chi connectivity index (χ1v) is 4.64. The van der Waals surface area contributed by atoms with E-state index in [4.69, 9.17) is 16.7 Å². The van der Waals surface area contributed by atoms with Gasteiger partial charge in [0.1, 0.15) is 17.0 Å². The number of halogens is 2.